The highest BCUT2D eigenvalue weighted by atomic mass is 32.1. The minimum Gasteiger partial charge on any atom is -0.305 e. The van der Waals surface area contributed by atoms with Crippen LogP contribution in [0.5, 0.6) is 0 Å². The van der Waals surface area contributed by atoms with Crippen molar-refractivity contribution in [2.45, 2.75) is 44.8 Å². The summed E-state index contributed by atoms with van der Waals surface area (Å²) in [5.74, 6) is 0. The zero-order valence-corrected chi connectivity index (χ0v) is 13.3. The average molecular weight is 289 g/mol. The van der Waals surface area contributed by atoms with Crippen molar-refractivity contribution in [3.8, 4) is 0 Å². The van der Waals surface area contributed by atoms with Crippen molar-refractivity contribution >= 4 is 21.6 Å². The van der Waals surface area contributed by atoms with Crippen molar-refractivity contribution in [1.29, 1.82) is 0 Å². The molecule has 0 aliphatic carbocycles. The van der Waals surface area contributed by atoms with Gasteiger partial charge >= 0.3 is 0 Å². The molecule has 4 heteroatoms. The summed E-state index contributed by atoms with van der Waals surface area (Å²) in [6.07, 6.45) is 2.46. The number of benzene rings is 1. The molecule has 0 radical (unpaired) electrons. The third-order valence-electron chi connectivity index (χ3n) is 4.37. The molecule has 1 aromatic carbocycles. The number of hydrogen-bond acceptors (Lipinski definition) is 4. The van der Waals surface area contributed by atoms with E-state index in [1.54, 1.807) is 0 Å². The molecular weight excluding hydrogens is 266 g/mol. The Hall–Kier alpha value is -0.970. The van der Waals surface area contributed by atoms with E-state index in [1.165, 1.54) is 29.1 Å². The smallest absolute Gasteiger partial charge is 0.111 e. The summed E-state index contributed by atoms with van der Waals surface area (Å²) in [6.45, 7) is 5.74. The van der Waals surface area contributed by atoms with E-state index in [2.05, 4.69) is 55.4 Å². The van der Waals surface area contributed by atoms with Gasteiger partial charge in [0.2, 0.25) is 0 Å². The molecule has 1 fully saturated rings. The van der Waals surface area contributed by atoms with Crippen LogP contribution in [0.15, 0.2) is 24.3 Å². The third kappa shape index (κ3) is 2.87. The Bertz CT molecular complexity index is 547. The van der Waals surface area contributed by atoms with E-state index >= 15 is 0 Å². The predicted octanol–water partition coefficient (Wildman–Crippen LogP) is 3.43. The summed E-state index contributed by atoms with van der Waals surface area (Å²) < 4.78 is 1.29. The van der Waals surface area contributed by atoms with Gasteiger partial charge < -0.3 is 10.2 Å². The van der Waals surface area contributed by atoms with Crippen molar-refractivity contribution < 1.29 is 0 Å². The number of rotatable bonds is 3. The van der Waals surface area contributed by atoms with Crippen LogP contribution in [0.1, 0.15) is 37.7 Å². The summed E-state index contributed by atoms with van der Waals surface area (Å²) >= 11 is 1.81. The van der Waals surface area contributed by atoms with Crippen LogP contribution in [0.4, 0.5) is 0 Å². The van der Waals surface area contributed by atoms with Crippen LogP contribution in [0.25, 0.3) is 10.2 Å². The maximum atomic E-state index is 4.76. The second-order valence-electron chi connectivity index (χ2n) is 5.96. The van der Waals surface area contributed by atoms with Gasteiger partial charge in [-0.3, -0.25) is 0 Å². The molecule has 0 saturated carbocycles. The van der Waals surface area contributed by atoms with E-state index in [0.29, 0.717) is 18.1 Å². The van der Waals surface area contributed by atoms with Crippen LogP contribution in [0.3, 0.4) is 0 Å². The Labute approximate surface area is 125 Å². The Morgan fingerprint density at radius 3 is 2.95 bits per heavy atom. The van der Waals surface area contributed by atoms with Gasteiger partial charge in [0, 0.05) is 12.1 Å². The van der Waals surface area contributed by atoms with Gasteiger partial charge in [0.05, 0.1) is 16.3 Å². The van der Waals surface area contributed by atoms with Crippen molar-refractivity contribution in [2.24, 2.45) is 0 Å². The zero-order chi connectivity index (χ0) is 14.1. The maximum absolute atomic E-state index is 4.76. The van der Waals surface area contributed by atoms with Gasteiger partial charge in [-0.25, -0.2) is 4.98 Å². The van der Waals surface area contributed by atoms with Crippen LogP contribution in [0.2, 0.25) is 0 Å². The summed E-state index contributed by atoms with van der Waals surface area (Å²) in [7, 11) is 2.22. The van der Waals surface area contributed by atoms with Gasteiger partial charge in [0.15, 0.2) is 0 Å². The Kier molecular flexibility index (Phi) is 4.06. The monoisotopic (exact) mass is 289 g/mol. The maximum Gasteiger partial charge on any atom is 0.111 e. The van der Waals surface area contributed by atoms with Gasteiger partial charge in [0.1, 0.15) is 5.01 Å². The summed E-state index contributed by atoms with van der Waals surface area (Å²) in [4.78, 5) is 7.20. The fraction of sp³-hybridized carbons (Fsp3) is 0.562. The molecular formula is C16H23N3S. The second-order valence-corrected chi connectivity index (χ2v) is 7.02. The fourth-order valence-electron chi connectivity index (χ4n) is 2.94. The number of piperidine rings is 1. The molecule has 20 heavy (non-hydrogen) atoms. The lowest BCUT2D eigenvalue weighted by atomic mass is 9.98. The molecule has 1 saturated heterocycles. The van der Waals surface area contributed by atoms with E-state index < -0.39 is 0 Å². The van der Waals surface area contributed by atoms with Gasteiger partial charge in [-0.05, 0) is 52.4 Å². The van der Waals surface area contributed by atoms with Crippen molar-refractivity contribution in [3.63, 3.8) is 0 Å². The number of fused-ring (bicyclic) bond motifs is 1. The quantitative estimate of drug-likeness (QED) is 0.938. The molecule has 1 aromatic heterocycles. The van der Waals surface area contributed by atoms with Crippen LogP contribution >= 0.6 is 11.3 Å². The van der Waals surface area contributed by atoms with Crippen LogP contribution < -0.4 is 5.32 Å². The van der Waals surface area contributed by atoms with E-state index in [4.69, 9.17) is 4.98 Å². The van der Waals surface area contributed by atoms with Gasteiger partial charge in [-0.15, -0.1) is 11.3 Å². The molecule has 3 nitrogen and oxygen atoms in total. The Balaban J connectivity index is 1.68. The normalized spacial score (nSPS) is 25.9. The molecule has 2 heterocycles. The van der Waals surface area contributed by atoms with Gasteiger partial charge in [0.25, 0.3) is 0 Å². The minimum atomic E-state index is 0.341. The molecule has 1 aliphatic heterocycles. The van der Waals surface area contributed by atoms with Crippen LogP contribution in [-0.4, -0.2) is 35.6 Å². The number of thiazole rings is 1. The molecule has 0 spiro atoms. The molecule has 0 amide bonds. The number of nitrogens with zero attached hydrogens (tertiary/aromatic N) is 2. The van der Waals surface area contributed by atoms with E-state index in [1.807, 2.05) is 11.3 Å². The first-order valence-electron chi connectivity index (χ1n) is 7.45. The largest absolute Gasteiger partial charge is 0.305 e. The molecule has 1 aliphatic rings. The Morgan fingerprint density at radius 2 is 2.20 bits per heavy atom. The summed E-state index contributed by atoms with van der Waals surface area (Å²) in [5.41, 5.74) is 1.12. The minimum absolute atomic E-state index is 0.341. The lowest BCUT2D eigenvalue weighted by Gasteiger charge is -2.36. The van der Waals surface area contributed by atoms with Crippen molar-refractivity contribution in [1.82, 2.24) is 15.2 Å². The van der Waals surface area contributed by atoms with Crippen molar-refractivity contribution in [2.75, 3.05) is 13.6 Å². The lowest BCUT2D eigenvalue weighted by Crippen LogP contribution is -2.46. The van der Waals surface area contributed by atoms with E-state index in [0.717, 1.165) is 5.52 Å². The lowest BCUT2D eigenvalue weighted by molar-refractivity contribution is 0.163. The second kappa shape index (κ2) is 5.80. The number of likely N-dealkylation sites (tertiary alicyclic amines) is 1. The number of aromatic nitrogens is 1. The first-order valence-corrected chi connectivity index (χ1v) is 8.27. The molecule has 3 unspecified atom stereocenters. The highest BCUT2D eigenvalue weighted by Gasteiger charge is 2.24. The molecule has 1 N–H and O–H groups in total. The summed E-state index contributed by atoms with van der Waals surface area (Å²) in [6, 6.07) is 10.0. The summed E-state index contributed by atoms with van der Waals surface area (Å²) in [5, 5.41) is 4.97. The molecule has 108 valence electrons. The fourth-order valence-corrected chi connectivity index (χ4v) is 3.92. The predicted molar refractivity (Wildman–Crippen MR) is 86.3 cm³/mol. The number of hydrogen-bond donors (Lipinski definition) is 1. The average Bonchev–Trinajstić information content (AvgIpc) is 2.87. The number of para-hydroxylation sites is 1. The van der Waals surface area contributed by atoms with Crippen molar-refractivity contribution in [3.05, 3.63) is 29.3 Å². The van der Waals surface area contributed by atoms with Crippen LogP contribution in [0, 0.1) is 0 Å². The first kappa shape index (κ1) is 14.0. The molecule has 2 aromatic rings. The Morgan fingerprint density at radius 1 is 1.40 bits per heavy atom. The van der Waals surface area contributed by atoms with E-state index in [-0.39, 0.29) is 0 Å². The highest BCUT2D eigenvalue weighted by molar-refractivity contribution is 7.18. The zero-order valence-electron chi connectivity index (χ0n) is 12.5. The van der Waals surface area contributed by atoms with Crippen LogP contribution in [-0.2, 0) is 0 Å². The SMILES string of the molecule is CC(NC1CCN(C)C(C)C1)c1nc2ccccc2s1. The van der Waals surface area contributed by atoms with Gasteiger partial charge in [-0.1, -0.05) is 12.1 Å². The van der Waals surface area contributed by atoms with Gasteiger partial charge in [-0.2, -0.15) is 0 Å². The molecule has 0 bridgehead atoms. The topological polar surface area (TPSA) is 28.2 Å². The third-order valence-corrected chi connectivity index (χ3v) is 5.59. The standard InChI is InChI=1S/C16H23N3S/c1-11-10-13(8-9-19(11)3)17-12(2)16-18-14-6-4-5-7-15(14)20-16/h4-7,11-13,17H,8-10H2,1-3H3. The molecule has 3 atom stereocenters. The molecule has 3 rings (SSSR count). The van der Waals surface area contributed by atoms with E-state index in [9.17, 15) is 0 Å². The first-order chi connectivity index (χ1) is 9.63. The number of nitrogens with one attached hydrogen (secondary N) is 1. The highest BCUT2D eigenvalue weighted by Crippen LogP contribution is 2.27.